The van der Waals surface area contributed by atoms with E-state index < -0.39 is 5.97 Å². The summed E-state index contributed by atoms with van der Waals surface area (Å²) in [5.41, 5.74) is 0.618. The molecule has 0 unspecified atom stereocenters. The average Bonchev–Trinajstić information content (AvgIpc) is 2.71. The van der Waals surface area contributed by atoms with E-state index in [2.05, 4.69) is 10.1 Å². The van der Waals surface area contributed by atoms with E-state index in [0.717, 1.165) is 11.8 Å². The molecule has 8 heteroatoms. The van der Waals surface area contributed by atoms with Crippen LogP contribution in [0.15, 0.2) is 23.4 Å². The van der Waals surface area contributed by atoms with Crippen LogP contribution in [0, 0.1) is 0 Å². The molecule has 0 fully saturated rings. The van der Waals surface area contributed by atoms with Crippen molar-refractivity contribution in [1.82, 2.24) is 14.8 Å². The fourth-order valence-corrected chi connectivity index (χ4v) is 2.41. The molecule has 0 saturated carbocycles. The third-order valence-electron chi connectivity index (χ3n) is 2.22. The topological polar surface area (TPSA) is 68.0 Å². The van der Waals surface area contributed by atoms with Gasteiger partial charge < -0.3 is 5.11 Å². The molecule has 2 rings (SSSR count). The highest BCUT2D eigenvalue weighted by atomic mass is 35.5. The zero-order valence-corrected chi connectivity index (χ0v) is 12.1. The fourth-order valence-electron chi connectivity index (χ4n) is 1.41. The van der Waals surface area contributed by atoms with Gasteiger partial charge in [-0.3, -0.25) is 4.79 Å². The van der Waals surface area contributed by atoms with E-state index in [-0.39, 0.29) is 5.75 Å². The molecule has 5 nitrogen and oxygen atoms in total. The first kappa shape index (κ1) is 14.2. The number of hydrogen-bond donors (Lipinski definition) is 1. The molecule has 0 aliphatic carbocycles. The number of thioether (sulfide) groups is 1. The molecule has 0 atom stereocenters. The summed E-state index contributed by atoms with van der Waals surface area (Å²) < 4.78 is 1.51. The Morgan fingerprint density at radius 2 is 2.21 bits per heavy atom. The zero-order valence-electron chi connectivity index (χ0n) is 9.80. The lowest BCUT2D eigenvalue weighted by Gasteiger charge is -1.99. The Kier molecular flexibility index (Phi) is 4.34. The normalized spacial score (nSPS) is 10.7. The maximum absolute atomic E-state index is 10.5. The number of rotatable bonds is 4. The molecule has 0 saturated heterocycles. The molecule has 2 aromatic rings. The van der Waals surface area contributed by atoms with Crippen LogP contribution in [0.3, 0.4) is 0 Å². The van der Waals surface area contributed by atoms with E-state index in [1.807, 2.05) is 0 Å². The van der Waals surface area contributed by atoms with Crippen molar-refractivity contribution in [1.29, 1.82) is 0 Å². The van der Waals surface area contributed by atoms with Crippen LogP contribution in [-0.2, 0) is 11.8 Å². The van der Waals surface area contributed by atoms with E-state index in [1.165, 1.54) is 4.68 Å². The Morgan fingerprint density at radius 3 is 2.89 bits per heavy atom. The molecule has 0 radical (unpaired) electrons. The van der Waals surface area contributed by atoms with Crippen molar-refractivity contribution in [2.45, 2.75) is 5.16 Å². The molecule has 1 N–H and O–H groups in total. The smallest absolute Gasteiger partial charge is 0.313 e. The van der Waals surface area contributed by atoms with Gasteiger partial charge in [0, 0.05) is 17.6 Å². The molecule has 0 bridgehead atoms. The van der Waals surface area contributed by atoms with Crippen LogP contribution >= 0.6 is 35.0 Å². The largest absolute Gasteiger partial charge is 0.481 e. The summed E-state index contributed by atoms with van der Waals surface area (Å²) >= 11 is 13.1. The maximum Gasteiger partial charge on any atom is 0.313 e. The van der Waals surface area contributed by atoms with E-state index in [4.69, 9.17) is 28.3 Å². The third kappa shape index (κ3) is 3.40. The van der Waals surface area contributed by atoms with Crippen LogP contribution in [0.2, 0.25) is 10.0 Å². The standard InChI is InChI=1S/C11H9Cl2N3O2S/c1-16-11(19-5-9(17)18)14-10(15-16)7-4-6(12)2-3-8(7)13/h2-4H,5H2,1H3,(H,17,18). The van der Waals surface area contributed by atoms with Gasteiger partial charge in [0.15, 0.2) is 11.0 Å². The van der Waals surface area contributed by atoms with Crippen molar-refractivity contribution in [3.63, 3.8) is 0 Å². The monoisotopic (exact) mass is 317 g/mol. The minimum Gasteiger partial charge on any atom is -0.481 e. The van der Waals surface area contributed by atoms with Gasteiger partial charge in [-0.1, -0.05) is 35.0 Å². The summed E-state index contributed by atoms with van der Waals surface area (Å²) in [4.78, 5) is 14.8. The number of aromatic nitrogens is 3. The molecule has 1 aromatic heterocycles. The number of aliphatic carboxylic acids is 1. The van der Waals surface area contributed by atoms with Gasteiger partial charge in [0.2, 0.25) is 0 Å². The number of carbonyl (C=O) groups is 1. The minimum absolute atomic E-state index is 0.0742. The number of nitrogens with zero attached hydrogens (tertiary/aromatic N) is 3. The zero-order chi connectivity index (χ0) is 14.0. The van der Waals surface area contributed by atoms with Crippen LogP contribution in [0.4, 0.5) is 0 Å². The second-order valence-corrected chi connectivity index (χ2v) is 5.43. The van der Waals surface area contributed by atoms with Gasteiger partial charge in [0.25, 0.3) is 0 Å². The number of carboxylic acid groups (broad SMARTS) is 1. The summed E-state index contributed by atoms with van der Waals surface area (Å²) in [6, 6.07) is 5.01. The van der Waals surface area contributed by atoms with Gasteiger partial charge in [0.05, 0.1) is 10.8 Å². The van der Waals surface area contributed by atoms with E-state index >= 15 is 0 Å². The Balaban J connectivity index is 2.33. The SMILES string of the molecule is Cn1nc(-c2cc(Cl)ccc2Cl)nc1SCC(=O)O. The molecule has 1 aromatic carbocycles. The first-order chi connectivity index (χ1) is 8.97. The van der Waals surface area contributed by atoms with Gasteiger partial charge in [-0.2, -0.15) is 5.10 Å². The molecule has 1 heterocycles. The Morgan fingerprint density at radius 1 is 1.47 bits per heavy atom. The van der Waals surface area contributed by atoms with Crippen molar-refractivity contribution in [2.24, 2.45) is 7.05 Å². The lowest BCUT2D eigenvalue weighted by atomic mass is 10.2. The van der Waals surface area contributed by atoms with Gasteiger partial charge in [-0.15, -0.1) is 0 Å². The predicted octanol–water partition coefficient (Wildman–Crippen LogP) is 2.97. The average molecular weight is 318 g/mol. The summed E-state index contributed by atoms with van der Waals surface area (Å²) in [5.74, 6) is -0.562. The minimum atomic E-state index is -0.907. The van der Waals surface area contributed by atoms with Gasteiger partial charge in [-0.25, -0.2) is 9.67 Å². The summed E-state index contributed by atoms with van der Waals surface area (Å²) in [7, 11) is 1.69. The van der Waals surface area contributed by atoms with Crippen molar-refractivity contribution >= 4 is 40.9 Å². The van der Waals surface area contributed by atoms with E-state index in [1.54, 1.807) is 25.2 Å². The molecule has 100 valence electrons. The highest BCUT2D eigenvalue weighted by Crippen LogP contribution is 2.29. The fraction of sp³-hybridized carbons (Fsp3) is 0.182. The van der Waals surface area contributed by atoms with Crippen LogP contribution in [0.25, 0.3) is 11.4 Å². The number of hydrogen-bond acceptors (Lipinski definition) is 4. The van der Waals surface area contributed by atoms with Crippen molar-refractivity contribution < 1.29 is 9.90 Å². The van der Waals surface area contributed by atoms with Crippen LogP contribution < -0.4 is 0 Å². The lowest BCUT2D eigenvalue weighted by molar-refractivity contribution is -0.133. The van der Waals surface area contributed by atoms with Crippen molar-refractivity contribution in [2.75, 3.05) is 5.75 Å². The van der Waals surface area contributed by atoms with Crippen molar-refractivity contribution in [3.05, 3.63) is 28.2 Å². The van der Waals surface area contributed by atoms with Gasteiger partial charge in [-0.05, 0) is 18.2 Å². The summed E-state index contributed by atoms with van der Waals surface area (Å²) in [6.07, 6.45) is 0. The highest BCUT2D eigenvalue weighted by molar-refractivity contribution is 7.99. The number of halogens is 2. The third-order valence-corrected chi connectivity index (χ3v) is 3.79. The molecule has 19 heavy (non-hydrogen) atoms. The number of carboxylic acids is 1. The van der Waals surface area contributed by atoms with Crippen LogP contribution in [0.1, 0.15) is 0 Å². The lowest BCUT2D eigenvalue weighted by Crippen LogP contribution is -2.00. The first-order valence-electron chi connectivity index (χ1n) is 5.18. The summed E-state index contributed by atoms with van der Waals surface area (Å²) in [6.45, 7) is 0. The molecular weight excluding hydrogens is 309 g/mol. The Hall–Kier alpha value is -1.24. The maximum atomic E-state index is 10.5. The Bertz CT molecular complexity index is 630. The second-order valence-electron chi connectivity index (χ2n) is 3.65. The summed E-state index contributed by atoms with van der Waals surface area (Å²) in [5, 5.41) is 14.4. The molecular formula is C11H9Cl2N3O2S. The van der Waals surface area contributed by atoms with Crippen molar-refractivity contribution in [3.8, 4) is 11.4 Å². The van der Waals surface area contributed by atoms with E-state index in [0.29, 0.717) is 26.6 Å². The van der Waals surface area contributed by atoms with E-state index in [9.17, 15) is 4.79 Å². The molecule has 0 aliphatic heterocycles. The van der Waals surface area contributed by atoms with Gasteiger partial charge >= 0.3 is 5.97 Å². The predicted molar refractivity (Wildman–Crippen MR) is 74.8 cm³/mol. The number of benzene rings is 1. The highest BCUT2D eigenvalue weighted by Gasteiger charge is 2.14. The Labute approximate surface area is 123 Å². The first-order valence-corrected chi connectivity index (χ1v) is 6.92. The van der Waals surface area contributed by atoms with Crippen LogP contribution in [-0.4, -0.2) is 31.6 Å². The number of aryl methyl sites for hydroxylation is 1. The van der Waals surface area contributed by atoms with Crippen LogP contribution in [0.5, 0.6) is 0 Å². The van der Waals surface area contributed by atoms with Gasteiger partial charge in [0.1, 0.15) is 0 Å². The molecule has 0 spiro atoms. The molecule has 0 amide bonds. The quantitative estimate of drug-likeness (QED) is 0.878. The second kappa shape index (κ2) is 5.81. The molecule has 0 aliphatic rings.